The number of aromatic nitrogens is 9. The molecule has 0 radical (unpaired) electrons. The highest BCUT2D eigenvalue weighted by Gasteiger charge is 2.11. The predicted molar refractivity (Wildman–Crippen MR) is 71.2 cm³/mol. The second-order valence-corrected chi connectivity index (χ2v) is 4.09. The van der Waals surface area contributed by atoms with E-state index in [0.29, 0.717) is 17.8 Å². The third kappa shape index (κ3) is 2.06. The molecule has 9 nitrogen and oxygen atoms in total. The molecule has 4 aromatic rings. The molecule has 4 rings (SSSR count). The maximum absolute atomic E-state index is 4.37. The average Bonchev–Trinajstić information content (AvgIpc) is 3.29. The largest absolute Gasteiger partial charge is 0.257 e. The van der Waals surface area contributed by atoms with Gasteiger partial charge >= 0.3 is 0 Å². The zero-order valence-corrected chi connectivity index (χ0v) is 10.7. The van der Waals surface area contributed by atoms with Gasteiger partial charge in [0.1, 0.15) is 0 Å². The number of nitrogens with zero attached hydrogens (tertiary/aromatic N) is 9. The van der Waals surface area contributed by atoms with Gasteiger partial charge in [0.2, 0.25) is 0 Å². The lowest BCUT2D eigenvalue weighted by Gasteiger charge is -2.06. The van der Waals surface area contributed by atoms with Crippen LogP contribution in [0, 0.1) is 0 Å². The predicted octanol–water partition coefficient (Wildman–Crippen LogP) is 0.429. The van der Waals surface area contributed by atoms with Crippen LogP contribution in [0.1, 0.15) is 0 Å². The topological polar surface area (TPSA) is 92.1 Å². The Kier molecular flexibility index (Phi) is 2.53. The van der Waals surface area contributed by atoms with Crippen molar-refractivity contribution in [1.29, 1.82) is 0 Å². The molecular weight excluding hydrogens is 270 g/mol. The Morgan fingerprint density at radius 3 is 1.10 bits per heavy atom. The Balaban J connectivity index is 1.92. The Bertz CT molecular complexity index is 704. The Labute approximate surface area is 118 Å². The average molecular weight is 279 g/mol. The fraction of sp³-hybridized carbons (Fsp3) is 0. The zero-order chi connectivity index (χ0) is 14.1. The standard InChI is InChI=1S/C12H9N9/c1-4-13-19(7-1)10-16-11(20-8-2-5-14-20)18-12(17-10)21-9-3-6-15-21/h1-9H. The van der Waals surface area contributed by atoms with Crippen molar-refractivity contribution >= 4 is 0 Å². The Hall–Kier alpha value is -3.36. The maximum Gasteiger partial charge on any atom is 0.257 e. The monoisotopic (exact) mass is 279 g/mol. The lowest BCUT2D eigenvalue weighted by atomic mass is 10.7. The van der Waals surface area contributed by atoms with E-state index >= 15 is 0 Å². The molecule has 0 fully saturated rings. The Morgan fingerprint density at radius 1 is 0.524 bits per heavy atom. The lowest BCUT2D eigenvalue weighted by Crippen LogP contribution is -2.13. The summed E-state index contributed by atoms with van der Waals surface area (Å²) >= 11 is 0. The van der Waals surface area contributed by atoms with Gasteiger partial charge in [-0.25, -0.2) is 14.0 Å². The number of rotatable bonds is 3. The quantitative estimate of drug-likeness (QED) is 0.540. The van der Waals surface area contributed by atoms with Crippen LogP contribution < -0.4 is 0 Å². The molecule has 0 aliphatic heterocycles. The molecular formula is C12H9N9. The van der Waals surface area contributed by atoms with Crippen LogP contribution in [-0.2, 0) is 0 Å². The van der Waals surface area contributed by atoms with Crippen LogP contribution >= 0.6 is 0 Å². The van der Waals surface area contributed by atoms with Crippen LogP contribution in [0.5, 0.6) is 0 Å². The zero-order valence-electron chi connectivity index (χ0n) is 10.7. The van der Waals surface area contributed by atoms with Crippen LogP contribution in [0.4, 0.5) is 0 Å². The van der Waals surface area contributed by atoms with Crippen LogP contribution in [0.25, 0.3) is 17.8 Å². The van der Waals surface area contributed by atoms with Crippen LogP contribution in [0.3, 0.4) is 0 Å². The van der Waals surface area contributed by atoms with Crippen LogP contribution in [0.2, 0.25) is 0 Å². The van der Waals surface area contributed by atoms with E-state index in [2.05, 4.69) is 30.2 Å². The number of hydrogen-bond acceptors (Lipinski definition) is 6. The lowest BCUT2D eigenvalue weighted by molar-refractivity contribution is 0.706. The first kappa shape index (κ1) is 11.5. The highest BCUT2D eigenvalue weighted by atomic mass is 15.4. The minimum absolute atomic E-state index is 0.394. The van der Waals surface area contributed by atoms with Crippen molar-refractivity contribution in [3.63, 3.8) is 0 Å². The first-order valence-corrected chi connectivity index (χ1v) is 6.16. The molecule has 0 aromatic carbocycles. The molecule has 4 aromatic heterocycles. The van der Waals surface area contributed by atoms with Gasteiger partial charge in [-0.05, 0) is 18.2 Å². The van der Waals surface area contributed by atoms with Gasteiger partial charge in [-0.15, -0.1) is 0 Å². The molecule has 0 atom stereocenters. The first-order valence-electron chi connectivity index (χ1n) is 6.16. The summed E-state index contributed by atoms with van der Waals surface area (Å²) in [5.74, 6) is 1.18. The van der Waals surface area contributed by atoms with E-state index in [1.807, 2.05) is 0 Å². The summed E-state index contributed by atoms with van der Waals surface area (Å²) in [7, 11) is 0. The fourth-order valence-corrected chi connectivity index (χ4v) is 1.81. The van der Waals surface area contributed by atoms with Crippen molar-refractivity contribution in [1.82, 2.24) is 44.3 Å². The molecule has 102 valence electrons. The summed E-state index contributed by atoms with van der Waals surface area (Å²) in [5, 5.41) is 12.4. The third-order valence-corrected chi connectivity index (χ3v) is 2.73. The van der Waals surface area contributed by atoms with Crippen molar-refractivity contribution in [2.75, 3.05) is 0 Å². The van der Waals surface area contributed by atoms with Gasteiger partial charge in [0, 0.05) is 37.2 Å². The summed E-state index contributed by atoms with van der Waals surface area (Å²) in [6.45, 7) is 0. The van der Waals surface area contributed by atoms with Gasteiger partial charge in [0.15, 0.2) is 0 Å². The number of hydrogen-bond donors (Lipinski definition) is 0. The molecule has 9 heteroatoms. The molecule has 0 bridgehead atoms. The van der Waals surface area contributed by atoms with Gasteiger partial charge in [-0.1, -0.05) is 0 Å². The van der Waals surface area contributed by atoms with E-state index < -0.39 is 0 Å². The van der Waals surface area contributed by atoms with Gasteiger partial charge in [0.25, 0.3) is 17.8 Å². The fourth-order valence-electron chi connectivity index (χ4n) is 1.81. The maximum atomic E-state index is 4.37. The summed E-state index contributed by atoms with van der Waals surface area (Å²) in [6, 6.07) is 5.39. The molecule has 0 aliphatic carbocycles. The molecule has 4 heterocycles. The second-order valence-electron chi connectivity index (χ2n) is 4.09. The smallest absolute Gasteiger partial charge is 0.206 e. The van der Waals surface area contributed by atoms with Gasteiger partial charge in [-0.3, -0.25) is 0 Å². The Morgan fingerprint density at radius 2 is 0.857 bits per heavy atom. The van der Waals surface area contributed by atoms with Crippen molar-refractivity contribution in [3.05, 3.63) is 55.4 Å². The first-order chi connectivity index (χ1) is 10.4. The molecule has 0 saturated carbocycles. The van der Waals surface area contributed by atoms with Crippen LogP contribution in [0.15, 0.2) is 55.4 Å². The van der Waals surface area contributed by atoms with Gasteiger partial charge in [-0.2, -0.15) is 30.2 Å². The normalized spacial score (nSPS) is 10.9. The molecule has 0 unspecified atom stereocenters. The van der Waals surface area contributed by atoms with E-state index in [4.69, 9.17) is 0 Å². The second kappa shape index (κ2) is 4.63. The minimum atomic E-state index is 0.394. The third-order valence-electron chi connectivity index (χ3n) is 2.73. The molecule has 21 heavy (non-hydrogen) atoms. The molecule has 0 spiro atoms. The van der Waals surface area contributed by atoms with Crippen molar-refractivity contribution < 1.29 is 0 Å². The van der Waals surface area contributed by atoms with Gasteiger partial charge < -0.3 is 0 Å². The van der Waals surface area contributed by atoms with Crippen LogP contribution in [-0.4, -0.2) is 44.3 Å². The molecule has 0 aliphatic rings. The summed E-state index contributed by atoms with van der Waals surface area (Å²) < 4.78 is 4.67. The van der Waals surface area contributed by atoms with Crippen molar-refractivity contribution in [2.45, 2.75) is 0 Å². The van der Waals surface area contributed by atoms with Crippen molar-refractivity contribution in [2.24, 2.45) is 0 Å². The minimum Gasteiger partial charge on any atom is -0.206 e. The van der Waals surface area contributed by atoms with Crippen molar-refractivity contribution in [3.8, 4) is 17.8 Å². The highest BCUT2D eigenvalue weighted by Crippen LogP contribution is 2.07. The summed E-state index contributed by atoms with van der Waals surface area (Å²) in [5.41, 5.74) is 0. The van der Waals surface area contributed by atoms with E-state index in [-0.39, 0.29) is 0 Å². The highest BCUT2D eigenvalue weighted by molar-refractivity contribution is 5.24. The van der Waals surface area contributed by atoms with E-state index in [9.17, 15) is 0 Å². The molecule has 0 saturated heterocycles. The van der Waals surface area contributed by atoms with E-state index in [0.717, 1.165) is 0 Å². The molecule has 0 N–H and O–H groups in total. The summed E-state index contributed by atoms with van der Waals surface area (Å²) in [6.07, 6.45) is 10.3. The summed E-state index contributed by atoms with van der Waals surface area (Å²) in [4.78, 5) is 13.1. The molecule has 0 amide bonds. The van der Waals surface area contributed by atoms with Gasteiger partial charge in [0.05, 0.1) is 0 Å². The SMILES string of the molecule is c1cnn(-c2nc(-n3cccn3)nc(-n3cccn3)n2)c1. The van der Waals surface area contributed by atoms with E-state index in [1.54, 1.807) is 69.4 Å². The van der Waals surface area contributed by atoms with E-state index in [1.165, 1.54) is 0 Å².